The van der Waals surface area contributed by atoms with E-state index in [0.717, 1.165) is 63.7 Å². The number of rotatable bonds is 59. The quantitative estimate of drug-likeness (QED) is 0.0343. The molecular weight excluding hydrogens is 865 g/mol. The molecule has 0 saturated carbocycles. The Morgan fingerprint density at radius 2 is 0.500 bits per heavy atom. The molecule has 0 fully saturated rings. The molecule has 0 bridgehead atoms. The van der Waals surface area contributed by atoms with Gasteiger partial charge in [-0.05, 0) is 25.2 Å². The van der Waals surface area contributed by atoms with Gasteiger partial charge in [0, 0.05) is 19.3 Å². The van der Waals surface area contributed by atoms with Crippen LogP contribution in [0.2, 0.25) is 0 Å². The van der Waals surface area contributed by atoms with Crippen LogP contribution in [0.1, 0.15) is 368 Å². The molecular formula is C64H124O6. The Labute approximate surface area is 438 Å². The predicted molar refractivity (Wildman–Crippen MR) is 303 cm³/mol. The van der Waals surface area contributed by atoms with Crippen molar-refractivity contribution in [3.8, 4) is 0 Å². The van der Waals surface area contributed by atoms with Gasteiger partial charge in [0.1, 0.15) is 13.2 Å². The lowest BCUT2D eigenvalue weighted by Crippen LogP contribution is -2.30. The fourth-order valence-corrected chi connectivity index (χ4v) is 9.95. The summed E-state index contributed by atoms with van der Waals surface area (Å²) in [5.74, 6) is 0.0793. The van der Waals surface area contributed by atoms with Crippen LogP contribution >= 0.6 is 0 Å². The summed E-state index contributed by atoms with van der Waals surface area (Å²) in [5, 5.41) is 0. The minimum Gasteiger partial charge on any atom is -0.462 e. The summed E-state index contributed by atoms with van der Waals surface area (Å²) in [6.07, 6.45) is 65.3. The highest BCUT2D eigenvalue weighted by atomic mass is 16.6. The number of ether oxygens (including phenoxy) is 3. The Balaban J connectivity index is 4.21. The summed E-state index contributed by atoms with van der Waals surface area (Å²) in [7, 11) is 0. The van der Waals surface area contributed by atoms with Crippen molar-refractivity contribution in [3.63, 3.8) is 0 Å². The highest BCUT2D eigenvalue weighted by Gasteiger charge is 2.19. The molecule has 416 valence electrons. The normalized spacial score (nSPS) is 12.3. The van der Waals surface area contributed by atoms with Gasteiger partial charge >= 0.3 is 17.9 Å². The summed E-state index contributed by atoms with van der Waals surface area (Å²) in [6, 6.07) is 0. The lowest BCUT2D eigenvalue weighted by atomic mass is 9.99. The molecule has 0 amide bonds. The Morgan fingerprint density at radius 1 is 0.286 bits per heavy atom. The first-order valence-electron chi connectivity index (χ1n) is 31.9. The number of carbonyl (C=O) groups is 3. The summed E-state index contributed by atoms with van der Waals surface area (Å²) in [5.41, 5.74) is 0. The monoisotopic (exact) mass is 989 g/mol. The SMILES string of the molecule is CCCCCCCCCCCCCCCCCCCCCC(=O)OC[C@H](COC(=O)CCCCCCCCCCCCC)OC(=O)CCCCCCCCCCCCCCCCCCCCC(C)CC. The molecule has 6 nitrogen and oxygen atoms in total. The van der Waals surface area contributed by atoms with E-state index in [4.69, 9.17) is 14.2 Å². The largest absolute Gasteiger partial charge is 0.462 e. The molecule has 0 aromatic carbocycles. The first-order valence-corrected chi connectivity index (χ1v) is 31.9. The summed E-state index contributed by atoms with van der Waals surface area (Å²) in [6.45, 7) is 9.12. The van der Waals surface area contributed by atoms with Crippen LogP contribution in [0.5, 0.6) is 0 Å². The molecule has 0 aliphatic carbocycles. The predicted octanol–water partition coefficient (Wildman–Crippen LogP) is 21.4. The van der Waals surface area contributed by atoms with Gasteiger partial charge in [-0.1, -0.05) is 329 Å². The second-order valence-corrected chi connectivity index (χ2v) is 22.3. The zero-order valence-corrected chi connectivity index (χ0v) is 48.0. The van der Waals surface area contributed by atoms with Crippen LogP contribution in [0.4, 0.5) is 0 Å². The summed E-state index contributed by atoms with van der Waals surface area (Å²) >= 11 is 0. The molecule has 0 aromatic heterocycles. The topological polar surface area (TPSA) is 78.9 Å². The van der Waals surface area contributed by atoms with Gasteiger partial charge in [-0.15, -0.1) is 0 Å². The number of esters is 3. The average molecular weight is 990 g/mol. The average Bonchev–Trinajstić information content (AvgIpc) is 3.36. The Hall–Kier alpha value is -1.59. The van der Waals surface area contributed by atoms with Gasteiger partial charge in [-0.3, -0.25) is 14.4 Å². The number of unbranched alkanes of at least 4 members (excludes halogenated alkanes) is 45. The highest BCUT2D eigenvalue weighted by molar-refractivity contribution is 5.71. The van der Waals surface area contributed by atoms with Crippen molar-refractivity contribution in [3.05, 3.63) is 0 Å². The first kappa shape index (κ1) is 68.4. The van der Waals surface area contributed by atoms with E-state index in [1.54, 1.807) is 0 Å². The fourth-order valence-electron chi connectivity index (χ4n) is 9.95. The maximum Gasteiger partial charge on any atom is 0.306 e. The molecule has 0 aromatic rings. The van der Waals surface area contributed by atoms with Gasteiger partial charge in [-0.25, -0.2) is 0 Å². The van der Waals surface area contributed by atoms with Crippen molar-refractivity contribution in [2.45, 2.75) is 374 Å². The maximum atomic E-state index is 12.9. The van der Waals surface area contributed by atoms with Crippen LogP contribution < -0.4 is 0 Å². The van der Waals surface area contributed by atoms with Gasteiger partial charge in [0.05, 0.1) is 0 Å². The molecule has 0 aliphatic rings. The van der Waals surface area contributed by atoms with Gasteiger partial charge in [0.2, 0.25) is 0 Å². The third kappa shape index (κ3) is 55.7. The van der Waals surface area contributed by atoms with E-state index >= 15 is 0 Å². The lowest BCUT2D eigenvalue weighted by molar-refractivity contribution is -0.167. The Morgan fingerprint density at radius 3 is 0.743 bits per heavy atom. The summed E-state index contributed by atoms with van der Waals surface area (Å²) < 4.78 is 16.9. The smallest absolute Gasteiger partial charge is 0.306 e. The van der Waals surface area contributed by atoms with E-state index in [1.807, 2.05) is 0 Å². The van der Waals surface area contributed by atoms with Crippen LogP contribution in [0.3, 0.4) is 0 Å². The van der Waals surface area contributed by atoms with Crippen molar-refractivity contribution >= 4 is 17.9 Å². The molecule has 0 radical (unpaired) electrons. The van der Waals surface area contributed by atoms with E-state index in [2.05, 4.69) is 27.7 Å². The van der Waals surface area contributed by atoms with E-state index in [-0.39, 0.29) is 31.1 Å². The maximum absolute atomic E-state index is 12.9. The minimum absolute atomic E-state index is 0.0613. The van der Waals surface area contributed by atoms with Gasteiger partial charge in [0.15, 0.2) is 6.10 Å². The standard InChI is InChI=1S/C64H124O6/c1-5-8-10-12-14-16-18-19-20-21-22-26-29-32-36-40-44-48-52-56-63(66)69-59-61(58-68-62(65)55-51-47-43-39-34-17-15-13-11-9-6-2)70-64(67)57-53-49-45-41-37-33-30-27-24-23-25-28-31-35-38-42-46-50-54-60(4)7-3/h60-61H,5-59H2,1-4H3/t60?,61-/m0/s1. The molecule has 0 saturated heterocycles. The molecule has 6 heteroatoms. The van der Waals surface area contributed by atoms with Crippen molar-refractivity contribution in [1.82, 2.24) is 0 Å². The van der Waals surface area contributed by atoms with Crippen LogP contribution in [-0.2, 0) is 28.6 Å². The second kappa shape index (κ2) is 58.3. The Bertz CT molecular complexity index is 1060. The van der Waals surface area contributed by atoms with Crippen molar-refractivity contribution < 1.29 is 28.6 Å². The van der Waals surface area contributed by atoms with E-state index in [1.165, 1.54) is 263 Å². The highest BCUT2D eigenvalue weighted by Crippen LogP contribution is 2.19. The van der Waals surface area contributed by atoms with E-state index in [9.17, 15) is 14.4 Å². The molecule has 0 spiro atoms. The molecule has 70 heavy (non-hydrogen) atoms. The van der Waals surface area contributed by atoms with Crippen LogP contribution in [0, 0.1) is 5.92 Å². The minimum atomic E-state index is -0.762. The molecule has 0 rings (SSSR count). The Kier molecular flexibility index (Phi) is 57.0. The van der Waals surface area contributed by atoms with Gasteiger partial charge in [0.25, 0.3) is 0 Å². The molecule has 1 unspecified atom stereocenters. The molecule has 0 N–H and O–H groups in total. The summed E-state index contributed by atoms with van der Waals surface area (Å²) in [4.78, 5) is 38.2. The zero-order chi connectivity index (χ0) is 50.9. The lowest BCUT2D eigenvalue weighted by Gasteiger charge is -2.18. The third-order valence-electron chi connectivity index (χ3n) is 15.2. The molecule has 0 aliphatic heterocycles. The van der Waals surface area contributed by atoms with Gasteiger partial charge in [-0.2, -0.15) is 0 Å². The van der Waals surface area contributed by atoms with Crippen molar-refractivity contribution in [2.75, 3.05) is 13.2 Å². The zero-order valence-electron chi connectivity index (χ0n) is 48.0. The third-order valence-corrected chi connectivity index (χ3v) is 15.2. The number of carbonyl (C=O) groups excluding carboxylic acids is 3. The first-order chi connectivity index (χ1) is 34.4. The number of hydrogen-bond donors (Lipinski definition) is 0. The van der Waals surface area contributed by atoms with Crippen LogP contribution in [0.15, 0.2) is 0 Å². The molecule has 0 heterocycles. The van der Waals surface area contributed by atoms with Gasteiger partial charge < -0.3 is 14.2 Å². The van der Waals surface area contributed by atoms with Crippen LogP contribution in [0.25, 0.3) is 0 Å². The second-order valence-electron chi connectivity index (χ2n) is 22.3. The van der Waals surface area contributed by atoms with Crippen molar-refractivity contribution in [1.29, 1.82) is 0 Å². The van der Waals surface area contributed by atoms with Crippen LogP contribution in [-0.4, -0.2) is 37.2 Å². The van der Waals surface area contributed by atoms with Crippen molar-refractivity contribution in [2.24, 2.45) is 5.92 Å². The number of hydrogen-bond acceptors (Lipinski definition) is 6. The van der Waals surface area contributed by atoms with E-state index in [0.29, 0.717) is 19.3 Å². The fraction of sp³-hybridized carbons (Fsp3) is 0.953. The molecule has 2 atom stereocenters. The van der Waals surface area contributed by atoms with E-state index < -0.39 is 6.10 Å².